The predicted octanol–water partition coefficient (Wildman–Crippen LogP) is 2.19. The molecule has 2 aromatic rings. The fourth-order valence-corrected chi connectivity index (χ4v) is 2.62. The van der Waals surface area contributed by atoms with Gasteiger partial charge in [0, 0.05) is 29.6 Å². The highest BCUT2D eigenvalue weighted by molar-refractivity contribution is 7.13. The molecule has 2 rings (SSSR count). The van der Waals surface area contributed by atoms with Crippen molar-refractivity contribution in [3.8, 4) is 10.6 Å². The molecule has 1 aromatic carbocycles. The number of non-ortho nitro benzene ring substituents is 1. The van der Waals surface area contributed by atoms with Crippen molar-refractivity contribution in [2.24, 2.45) is 5.73 Å². The minimum atomic E-state index is -0.456. The first-order valence-electron chi connectivity index (χ1n) is 6.80. The number of hydrogen-bond donors (Lipinski definition) is 2. The van der Waals surface area contributed by atoms with Gasteiger partial charge in [-0.25, -0.2) is 4.98 Å². The number of unbranched alkanes of at least 4 members (excludes halogenated alkanes) is 1. The van der Waals surface area contributed by atoms with E-state index >= 15 is 0 Å². The van der Waals surface area contributed by atoms with Crippen molar-refractivity contribution < 1.29 is 9.72 Å². The number of rotatable bonds is 7. The highest BCUT2D eigenvalue weighted by Gasteiger charge is 2.13. The third-order valence-electron chi connectivity index (χ3n) is 2.96. The molecular formula is C14H16N4O3S. The van der Waals surface area contributed by atoms with Gasteiger partial charge in [0.15, 0.2) is 0 Å². The van der Waals surface area contributed by atoms with Gasteiger partial charge in [0.05, 0.1) is 4.92 Å². The van der Waals surface area contributed by atoms with Crippen molar-refractivity contribution >= 4 is 22.9 Å². The van der Waals surface area contributed by atoms with Crippen LogP contribution in [0.15, 0.2) is 29.6 Å². The summed E-state index contributed by atoms with van der Waals surface area (Å²) in [5, 5.41) is 15.8. The molecule has 0 spiro atoms. The van der Waals surface area contributed by atoms with Gasteiger partial charge in [-0.2, -0.15) is 0 Å². The minimum Gasteiger partial charge on any atom is -0.351 e. The van der Waals surface area contributed by atoms with E-state index in [4.69, 9.17) is 5.73 Å². The monoisotopic (exact) mass is 320 g/mol. The van der Waals surface area contributed by atoms with Crippen LogP contribution in [0.1, 0.15) is 23.3 Å². The van der Waals surface area contributed by atoms with Gasteiger partial charge in [0.2, 0.25) is 0 Å². The van der Waals surface area contributed by atoms with Crippen molar-refractivity contribution in [3.63, 3.8) is 0 Å². The second-order valence-electron chi connectivity index (χ2n) is 4.60. The number of amides is 1. The number of benzene rings is 1. The highest BCUT2D eigenvalue weighted by Crippen LogP contribution is 2.26. The summed E-state index contributed by atoms with van der Waals surface area (Å²) in [6.07, 6.45) is 1.68. The number of nitro groups is 1. The quantitative estimate of drug-likeness (QED) is 0.461. The van der Waals surface area contributed by atoms with Crippen LogP contribution in [0.25, 0.3) is 10.6 Å². The zero-order valence-corrected chi connectivity index (χ0v) is 12.6. The van der Waals surface area contributed by atoms with Crippen molar-refractivity contribution in [2.45, 2.75) is 12.8 Å². The molecule has 8 heteroatoms. The van der Waals surface area contributed by atoms with E-state index in [1.54, 1.807) is 17.5 Å². The summed E-state index contributed by atoms with van der Waals surface area (Å²) >= 11 is 1.28. The summed E-state index contributed by atoms with van der Waals surface area (Å²) < 4.78 is 0. The number of hydrogen-bond acceptors (Lipinski definition) is 6. The largest absolute Gasteiger partial charge is 0.351 e. The molecule has 0 fully saturated rings. The molecule has 1 aromatic heterocycles. The lowest BCUT2D eigenvalue weighted by atomic mass is 10.2. The molecule has 0 radical (unpaired) electrons. The normalized spacial score (nSPS) is 10.4. The molecule has 1 amide bonds. The Kier molecular flexibility index (Phi) is 5.56. The number of aromatic nitrogens is 1. The summed E-state index contributed by atoms with van der Waals surface area (Å²) in [7, 11) is 0. The molecule has 3 N–H and O–H groups in total. The van der Waals surface area contributed by atoms with Crippen LogP contribution in [0, 0.1) is 10.1 Å². The molecule has 0 unspecified atom stereocenters. The molecular weight excluding hydrogens is 304 g/mol. The molecule has 0 aliphatic carbocycles. The van der Waals surface area contributed by atoms with Gasteiger partial charge >= 0.3 is 0 Å². The number of nitrogens with two attached hydrogens (primary N) is 1. The van der Waals surface area contributed by atoms with Crippen molar-refractivity contribution in [1.82, 2.24) is 10.3 Å². The van der Waals surface area contributed by atoms with Crippen LogP contribution < -0.4 is 11.1 Å². The fraction of sp³-hybridized carbons (Fsp3) is 0.286. The van der Waals surface area contributed by atoms with Crippen LogP contribution >= 0.6 is 11.3 Å². The summed E-state index contributed by atoms with van der Waals surface area (Å²) in [6, 6.07) is 6.19. The molecule has 0 bridgehead atoms. The van der Waals surface area contributed by atoms with Gasteiger partial charge < -0.3 is 11.1 Å². The lowest BCUT2D eigenvalue weighted by Gasteiger charge is -2.01. The maximum Gasteiger partial charge on any atom is 0.270 e. The molecule has 0 aliphatic rings. The zero-order chi connectivity index (χ0) is 15.9. The fourth-order valence-electron chi connectivity index (χ4n) is 1.82. The van der Waals surface area contributed by atoms with Gasteiger partial charge in [-0.05, 0) is 19.4 Å². The van der Waals surface area contributed by atoms with Gasteiger partial charge in [-0.3, -0.25) is 14.9 Å². The van der Waals surface area contributed by atoms with Crippen LogP contribution in [0.4, 0.5) is 5.69 Å². The van der Waals surface area contributed by atoms with E-state index in [0.717, 1.165) is 12.8 Å². The lowest BCUT2D eigenvalue weighted by molar-refractivity contribution is -0.384. The van der Waals surface area contributed by atoms with Gasteiger partial charge in [-0.15, -0.1) is 11.3 Å². The second-order valence-corrected chi connectivity index (χ2v) is 5.46. The van der Waals surface area contributed by atoms with Gasteiger partial charge in [0.1, 0.15) is 10.7 Å². The molecule has 7 nitrogen and oxygen atoms in total. The van der Waals surface area contributed by atoms with Crippen LogP contribution in [0.3, 0.4) is 0 Å². The molecule has 0 saturated heterocycles. The topological polar surface area (TPSA) is 111 Å². The molecule has 116 valence electrons. The van der Waals surface area contributed by atoms with E-state index < -0.39 is 4.92 Å². The second kappa shape index (κ2) is 7.62. The summed E-state index contributed by atoms with van der Waals surface area (Å²) in [4.78, 5) is 26.5. The van der Waals surface area contributed by atoms with Gasteiger partial charge in [-0.1, -0.05) is 12.1 Å². The molecule has 22 heavy (non-hydrogen) atoms. The van der Waals surface area contributed by atoms with Crippen molar-refractivity contribution in [2.75, 3.05) is 13.1 Å². The first kappa shape index (κ1) is 16.1. The number of nitrogens with zero attached hydrogens (tertiary/aromatic N) is 2. The average Bonchev–Trinajstić information content (AvgIpc) is 3.01. The first-order chi connectivity index (χ1) is 10.6. The third kappa shape index (κ3) is 4.09. The summed E-state index contributed by atoms with van der Waals surface area (Å²) in [6.45, 7) is 1.16. The number of nitro benzene ring substituents is 1. The van der Waals surface area contributed by atoms with Crippen LogP contribution in [0.2, 0.25) is 0 Å². The van der Waals surface area contributed by atoms with Gasteiger partial charge in [0.25, 0.3) is 11.6 Å². The lowest BCUT2D eigenvalue weighted by Crippen LogP contribution is -2.25. The summed E-state index contributed by atoms with van der Waals surface area (Å²) in [5.74, 6) is -0.245. The number of thiazole rings is 1. The van der Waals surface area contributed by atoms with Crippen LogP contribution in [0.5, 0.6) is 0 Å². The van der Waals surface area contributed by atoms with E-state index in [1.165, 1.54) is 23.5 Å². The molecule has 1 heterocycles. The highest BCUT2D eigenvalue weighted by atomic mass is 32.1. The van der Waals surface area contributed by atoms with E-state index in [-0.39, 0.29) is 11.6 Å². The minimum absolute atomic E-state index is 0.000450. The SMILES string of the molecule is NCCCCNC(=O)c1csc(-c2cccc([N+](=O)[O-])c2)n1. The Morgan fingerprint density at radius 1 is 1.41 bits per heavy atom. The number of carbonyl (C=O) groups excluding carboxylic acids is 1. The Bertz CT molecular complexity index is 672. The van der Waals surface area contributed by atoms with Crippen molar-refractivity contribution in [3.05, 3.63) is 45.5 Å². The smallest absolute Gasteiger partial charge is 0.270 e. The standard InChI is InChI=1S/C14H16N4O3S/c15-6-1-2-7-16-13(19)12-9-22-14(17-12)10-4-3-5-11(8-10)18(20)21/h3-5,8-9H,1-2,6-7,15H2,(H,16,19). The van der Waals surface area contributed by atoms with Crippen LogP contribution in [-0.2, 0) is 0 Å². The van der Waals surface area contributed by atoms with E-state index in [9.17, 15) is 14.9 Å². The number of carbonyl (C=O) groups is 1. The molecule has 0 atom stereocenters. The van der Waals surface area contributed by atoms with E-state index in [0.29, 0.717) is 29.4 Å². The van der Waals surface area contributed by atoms with E-state index in [2.05, 4.69) is 10.3 Å². The molecule has 0 saturated carbocycles. The van der Waals surface area contributed by atoms with E-state index in [1.807, 2.05) is 0 Å². The third-order valence-corrected chi connectivity index (χ3v) is 3.85. The maximum atomic E-state index is 11.9. The Labute approximate surface area is 131 Å². The maximum absolute atomic E-state index is 11.9. The average molecular weight is 320 g/mol. The molecule has 0 aliphatic heterocycles. The summed E-state index contributed by atoms with van der Waals surface area (Å²) in [5.41, 5.74) is 6.33. The predicted molar refractivity (Wildman–Crippen MR) is 84.8 cm³/mol. The Morgan fingerprint density at radius 3 is 2.95 bits per heavy atom. The van der Waals surface area contributed by atoms with Crippen LogP contribution in [-0.4, -0.2) is 28.9 Å². The Morgan fingerprint density at radius 2 is 2.23 bits per heavy atom. The van der Waals surface area contributed by atoms with Crippen molar-refractivity contribution in [1.29, 1.82) is 0 Å². The number of nitrogens with one attached hydrogen (secondary N) is 1. The Hall–Kier alpha value is -2.32. The first-order valence-corrected chi connectivity index (χ1v) is 7.68. The Balaban J connectivity index is 2.06. The zero-order valence-electron chi connectivity index (χ0n) is 11.8.